The molecule has 1 amide bonds. The Labute approximate surface area is 162 Å². The molecule has 0 bridgehead atoms. The number of nitrogens with one attached hydrogen (secondary N) is 1. The van der Waals surface area contributed by atoms with Gasteiger partial charge in [0.25, 0.3) is 0 Å². The second-order valence-electron chi connectivity index (χ2n) is 8.15. The molecule has 1 aromatic carbocycles. The number of rotatable bonds is 7. The summed E-state index contributed by atoms with van der Waals surface area (Å²) in [7, 11) is 0. The Bertz CT molecular complexity index is 618. The SMILES string of the molecule is Cc1ccc(O[C@@H](C)[C@H](OC(=O)[C@H](C)NC(=O)OC(C)(C)C)C(C)C)cc1. The predicted molar refractivity (Wildman–Crippen MR) is 105 cm³/mol. The van der Waals surface area contributed by atoms with Crippen LogP contribution in [0.15, 0.2) is 24.3 Å². The number of aryl methyl sites for hydroxylation is 1. The molecule has 0 aliphatic heterocycles. The van der Waals surface area contributed by atoms with Gasteiger partial charge in [-0.1, -0.05) is 31.5 Å². The van der Waals surface area contributed by atoms with E-state index in [2.05, 4.69) is 5.32 Å². The van der Waals surface area contributed by atoms with E-state index in [9.17, 15) is 9.59 Å². The first-order chi connectivity index (χ1) is 12.4. The molecule has 0 radical (unpaired) electrons. The predicted octanol–water partition coefficient (Wildman–Crippen LogP) is 4.24. The van der Waals surface area contributed by atoms with Crippen LogP contribution in [0.5, 0.6) is 5.75 Å². The van der Waals surface area contributed by atoms with Crippen LogP contribution in [0.4, 0.5) is 4.79 Å². The van der Waals surface area contributed by atoms with Crippen molar-refractivity contribution in [2.45, 2.75) is 79.2 Å². The average Bonchev–Trinajstić information content (AvgIpc) is 2.52. The highest BCUT2D eigenvalue weighted by Gasteiger charge is 2.30. The zero-order valence-electron chi connectivity index (χ0n) is 17.7. The van der Waals surface area contributed by atoms with Crippen molar-refractivity contribution >= 4 is 12.1 Å². The van der Waals surface area contributed by atoms with Crippen LogP contribution in [0.1, 0.15) is 54.0 Å². The largest absolute Gasteiger partial charge is 0.487 e. The highest BCUT2D eigenvalue weighted by Crippen LogP contribution is 2.20. The lowest BCUT2D eigenvalue weighted by molar-refractivity contribution is -0.158. The van der Waals surface area contributed by atoms with Crippen molar-refractivity contribution in [1.29, 1.82) is 0 Å². The van der Waals surface area contributed by atoms with Crippen LogP contribution in [0, 0.1) is 12.8 Å². The maximum Gasteiger partial charge on any atom is 0.408 e. The highest BCUT2D eigenvalue weighted by molar-refractivity contribution is 5.81. The van der Waals surface area contributed by atoms with Gasteiger partial charge in [0, 0.05) is 0 Å². The highest BCUT2D eigenvalue weighted by atomic mass is 16.6. The monoisotopic (exact) mass is 379 g/mol. The molecule has 0 aliphatic rings. The van der Waals surface area contributed by atoms with E-state index >= 15 is 0 Å². The Morgan fingerprint density at radius 2 is 1.56 bits per heavy atom. The summed E-state index contributed by atoms with van der Waals surface area (Å²) < 4.78 is 16.7. The number of carbonyl (C=O) groups is 2. The molecule has 27 heavy (non-hydrogen) atoms. The van der Waals surface area contributed by atoms with Crippen LogP contribution in [-0.4, -0.2) is 35.9 Å². The summed E-state index contributed by atoms with van der Waals surface area (Å²) in [5.74, 6) is 0.233. The van der Waals surface area contributed by atoms with Gasteiger partial charge >= 0.3 is 12.1 Å². The summed E-state index contributed by atoms with van der Waals surface area (Å²) in [5, 5.41) is 2.50. The zero-order valence-corrected chi connectivity index (χ0v) is 17.7. The van der Waals surface area contributed by atoms with E-state index in [4.69, 9.17) is 14.2 Å². The normalized spacial score (nSPS) is 14.9. The van der Waals surface area contributed by atoms with E-state index in [0.717, 1.165) is 11.3 Å². The molecule has 0 fully saturated rings. The number of benzene rings is 1. The first kappa shape index (κ1) is 22.8. The Morgan fingerprint density at radius 3 is 2.04 bits per heavy atom. The van der Waals surface area contributed by atoms with Crippen LogP contribution in [0.2, 0.25) is 0 Å². The molecule has 0 unspecified atom stereocenters. The van der Waals surface area contributed by atoms with Crippen molar-refractivity contribution in [3.8, 4) is 5.75 Å². The molecule has 1 aromatic rings. The van der Waals surface area contributed by atoms with E-state index in [1.807, 2.05) is 52.0 Å². The summed E-state index contributed by atoms with van der Waals surface area (Å²) in [6.07, 6.45) is -1.45. The second kappa shape index (κ2) is 9.62. The number of ether oxygens (including phenoxy) is 3. The summed E-state index contributed by atoms with van der Waals surface area (Å²) in [4.78, 5) is 24.2. The Hall–Kier alpha value is -2.24. The topological polar surface area (TPSA) is 73.9 Å². The molecule has 1 rings (SSSR count). The molecule has 0 saturated carbocycles. The van der Waals surface area contributed by atoms with Gasteiger partial charge in [0.15, 0.2) is 0 Å². The average molecular weight is 379 g/mol. The van der Waals surface area contributed by atoms with E-state index in [1.165, 1.54) is 0 Å². The summed E-state index contributed by atoms with van der Waals surface area (Å²) in [6, 6.07) is 6.87. The van der Waals surface area contributed by atoms with Gasteiger partial charge in [-0.15, -0.1) is 0 Å². The van der Waals surface area contributed by atoms with Crippen molar-refractivity contribution in [2.75, 3.05) is 0 Å². The van der Waals surface area contributed by atoms with Crippen molar-refractivity contribution in [2.24, 2.45) is 5.92 Å². The number of hydrogen-bond acceptors (Lipinski definition) is 5. The summed E-state index contributed by atoms with van der Waals surface area (Å²) in [5.41, 5.74) is 0.508. The third-order valence-electron chi connectivity index (χ3n) is 3.80. The third kappa shape index (κ3) is 8.33. The molecular weight excluding hydrogens is 346 g/mol. The van der Waals surface area contributed by atoms with Crippen LogP contribution in [0.25, 0.3) is 0 Å². The lowest BCUT2D eigenvalue weighted by Gasteiger charge is -2.29. The van der Waals surface area contributed by atoms with Crippen LogP contribution in [-0.2, 0) is 14.3 Å². The molecule has 0 heterocycles. The smallest absolute Gasteiger partial charge is 0.408 e. The molecule has 0 saturated heterocycles. The standard InChI is InChI=1S/C21H33NO5/c1-13(2)18(16(5)25-17-11-9-14(3)10-12-17)26-19(23)15(4)22-20(24)27-21(6,7)8/h9-13,15-16,18H,1-8H3,(H,22,24)/t15-,16-,18+/m0/s1. The van der Waals surface area contributed by atoms with Gasteiger partial charge in [0.05, 0.1) is 0 Å². The van der Waals surface area contributed by atoms with Crippen molar-refractivity contribution in [3.63, 3.8) is 0 Å². The first-order valence-corrected chi connectivity index (χ1v) is 9.32. The first-order valence-electron chi connectivity index (χ1n) is 9.32. The summed E-state index contributed by atoms with van der Waals surface area (Å²) in [6.45, 7) is 14.6. The number of amides is 1. The molecule has 152 valence electrons. The van der Waals surface area contributed by atoms with Gasteiger partial charge in [0.1, 0.15) is 29.6 Å². The third-order valence-corrected chi connectivity index (χ3v) is 3.80. The zero-order chi connectivity index (χ0) is 20.8. The minimum absolute atomic E-state index is 0.0446. The van der Waals surface area contributed by atoms with E-state index in [1.54, 1.807) is 27.7 Å². The number of esters is 1. The van der Waals surface area contributed by atoms with Crippen molar-refractivity contribution in [3.05, 3.63) is 29.8 Å². The van der Waals surface area contributed by atoms with Gasteiger partial charge < -0.3 is 19.5 Å². The Morgan fingerprint density at radius 1 is 1.00 bits per heavy atom. The van der Waals surface area contributed by atoms with Crippen LogP contribution < -0.4 is 10.1 Å². The fraction of sp³-hybridized carbons (Fsp3) is 0.619. The fourth-order valence-electron chi connectivity index (χ4n) is 2.45. The van der Waals surface area contributed by atoms with Crippen molar-refractivity contribution in [1.82, 2.24) is 5.32 Å². The van der Waals surface area contributed by atoms with Gasteiger partial charge in [-0.3, -0.25) is 0 Å². The van der Waals surface area contributed by atoms with E-state index in [0.29, 0.717) is 0 Å². The summed E-state index contributed by atoms with van der Waals surface area (Å²) >= 11 is 0. The minimum Gasteiger partial charge on any atom is -0.487 e. The van der Waals surface area contributed by atoms with Gasteiger partial charge in [-0.25, -0.2) is 9.59 Å². The Kier molecular flexibility index (Phi) is 8.13. The van der Waals surface area contributed by atoms with E-state index in [-0.39, 0.29) is 12.0 Å². The van der Waals surface area contributed by atoms with Gasteiger partial charge in [0.2, 0.25) is 0 Å². The second-order valence-corrected chi connectivity index (χ2v) is 8.15. The molecule has 0 spiro atoms. The van der Waals surface area contributed by atoms with E-state index < -0.39 is 29.8 Å². The maximum atomic E-state index is 12.4. The number of hydrogen-bond donors (Lipinski definition) is 1. The number of alkyl carbamates (subject to hydrolysis) is 1. The van der Waals surface area contributed by atoms with Crippen molar-refractivity contribution < 1.29 is 23.8 Å². The molecule has 3 atom stereocenters. The lowest BCUT2D eigenvalue weighted by Crippen LogP contribution is -2.46. The molecule has 6 nitrogen and oxygen atoms in total. The number of carbonyl (C=O) groups excluding carboxylic acids is 2. The molecular formula is C21H33NO5. The lowest BCUT2D eigenvalue weighted by atomic mass is 10.0. The fourth-order valence-corrected chi connectivity index (χ4v) is 2.45. The van der Waals surface area contributed by atoms with Crippen LogP contribution >= 0.6 is 0 Å². The molecule has 0 aliphatic carbocycles. The van der Waals surface area contributed by atoms with Gasteiger partial charge in [-0.2, -0.15) is 0 Å². The maximum absolute atomic E-state index is 12.4. The van der Waals surface area contributed by atoms with Crippen LogP contribution in [0.3, 0.4) is 0 Å². The minimum atomic E-state index is -0.826. The Balaban J connectivity index is 2.67. The van der Waals surface area contributed by atoms with Gasteiger partial charge in [-0.05, 0) is 59.6 Å². The molecule has 6 heteroatoms. The molecule has 0 aromatic heterocycles. The quantitative estimate of drug-likeness (QED) is 0.717. The molecule has 1 N–H and O–H groups in total.